The summed E-state index contributed by atoms with van der Waals surface area (Å²) in [5.41, 5.74) is 7.76. The molecule has 2 rings (SSSR count). The second-order valence-electron chi connectivity index (χ2n) is 4.30. The number of aromatic amines is 1. The molecule has 1 aromatic rings. The molecule has 5 N–H and O–H groups in total. The second kappa shape index (κ2) is 11.5. The van der Waals surface area contributed by atoms with Crippen molar-refractivity contribution >= 4 is 0 Å². The van der Waals surface area contributed by atoms with Crippen molar-refractivity contribution in [3.8, 4) is 0 Å². The van der Waals surface area contributed by atoms with Gasteiger partial charge in [0, 0.05) is 23.1 Å². The van der Waals surface area contributed by atoms with Gasteiger partial charge in [0.05, 0.1) is 18.8 Å². The Morgan fingerprint density at radius 3 is 2.61 bits per heavy atom. The van der Waals surface area contributed by atoms with Crippen LogP contribution in [0.1, 0.15) is 18.2 Å². The summed E-state index contributed by atoms with van der Waals surface area (Å²) in [5.74, 6) is 0. The van der Waals surface area contributed by atoms with Crippen LogP contribution in [0.4, 0.5) is 0 Å². The van der Waals surface area contributed by atoms with Crippen molar-refractivity contribution in [2.24, 2.45) is 5.11 Å². The number of ether oxygens (including phenoxy) is 1. The van der Waals surface area contributed by atoms with Crippen LogP contribution in [0.5, 0.6) is 0 Å². The van der Waals surface area contributed by atoms with Gasteiger partial charge < -0.3 is 26.3 Å². The third-order valence-corrected chi connectivity index (χ3v) is 3.04. The SMILES string of the molecule is Cc1cn([C@H]2C[C@H](N=[N+]=[N-])[C@@H](CO)O2)c(=O)[nH]c1=O.[La+3].[OH-].[OH-].[OH-]. The van der Waals surface area contributed by atoms with E-state index in [2.05, 4.69) is 15.0 Å². The minimum atomic E-state index is -0.671. The third kappa shape index (κ3) is 5.84. The van der Waals surface area contributed by atoms with Crippen molar-refractivity contribution in [1.82, 2.24) is 9.55 Å². The molecule has 1 aliphatic heterocycles. The minimum absolute atomic E-state index is 0. The van der Waals surface area contributed by atoms with E-state index >= 15 is 0 Å². The zero-order valence-corrected chi connectivity index (χ0v) is 15.7. The number of H-pyrrole nitrogens is 1. The molecule has 3 atom stereocenters. The van der Waals surface area contributed by atoms with Crippen molar-refractivity contribution in [2.75, 3.05) is 6.61 Å². The molecule has 0 unspecified atom stereocenters. The third-order valence-electron chi connectivity index (χ3n) is 3.04. The summed E-state index contributed by atoms with van der Waals surface area (Å²) in [6.07, 6.45) is 0.329. The summed E-state index contributed by atoms with van der Waals surface area (Å²) < 4.78 is 6.69. The molecule has 1 saturated heterocycles. The first-order chi connectivity index (χ1) is 9.06. The Kier molecular flexibility index (Phi) is 13.4. The molecule has 1 fully saturated rings. The Morgan fingerprint density at radius 2 is 2.09 bits per heavy atom. The maximum atomic E-state index is 11.7. The smallest absolute Gasteiger partial charge is 0.870 e. The molecule has 0 spiro atoms. The standard InChI is InChI=1S/C10H13N5O4.La.3H2O/c1-5-3-15(10(18)12-9(5)17)8-2-6(13-14-11)7(4-16)19-8;;;;/h3,6-8,16H,2,4H2,1H3,(H,12,17,18);;3*1H2/q;+3;;;/p-3/t6-,7+,8+;;;;/m0..../s1. The molecule has 126 valence electrons. The average molecular weight is 457 g/mol. The molecular weight excluding hydrogens is 441 g/mol. The van der Waals surface area contributed by atoms with Crippen LogP contribution >= 0.6 is 0 Å². The number of aromatic nitrogens is 2. The second-order valence-corrected chi connectivity index (χ2v) is 4.30. The molecule has 13 heteroatoms. The van der Waals surface area contributed by atoms with E-state index in [1.165, 1.54) is 10.8 Å². The van der Waals surface area contributed by atoms with Crippen LogP contribution < -0.4 is 11.2 Å². The van der Waals surface area contributed by atoms with Crippen LogP contribution in [0.2, 0.25) is 0 Å². The molecule has 23 heavy (non-hydrogen) atoms. The molecule has 0 radical (unpaired) electrons. The first kappa shape index (κ1) is 26.9. The minimum Gasteiger partial charge on any atom is -0.870 e. The molecule has 0 amide bonds. The predicted octanol–water partition coefficient (Wildman–Crippen LogP) is -0.727. The number of aryl methyl sites for hydroxylation is 1. The molecule has 0 bridgehead atoms. The first-order valence-electron chi connectivity index (χ1n) is 5.69. The fourth-order valence-electron chi connectivity index (χ4n) is 2.04. The van der Waals surface area contributed by atoms with Crippen LogP contribution in [-0.4, -0.2) is 49.8 Å². The molecule has 0 aromatic carbocycles. The van der Waals surface area contributed by atoms with Crippen molar-refractivity contribution in [3.63, 3.8) is 0 Å². The largest absolute Gasteiger partial charge is 3.00 e. The molecule has 2 heterocycles. The van der Waals surface area contributed by atoms with Gasteiger partial charge in [-0.3, -0.25) is 14.3 Å². The summed E-state index contributed by atoms with van der Waals surface area (Å²) in [4.78, 5) is 27.8. The van der Waals surface area contributed by atoms with Crippen LogP contribution in [0.3, 0.4) is 0 Å². The Labute approximate surface area is 157 Å². The van der Waals surface area contributed by atoms with Crippen molar-refractivity contribution in [1.29, 1.82) is 0 Å². The Morgan fingerprint density at radius 1 is 1.48 bits per heavy atom. The van der Waals surface area contributed by atoms with Gasteiger partial charge in [-0.05, 0) is 12.5 Å². The number of aliphatic hydroxyl groups excluding tert-OH is 1. The van der Waals surface area contributed by atoms with E-state index in [4.69, 9.17) is 15.4 Å². The van der Waals surface area contributed by atoms with Gasteiger partial charge in [-0.1, -0.05) is 5.11 Å². The summed E-state index contributed by atoms with van der Waals surface area (Å²) in [6.45, 7) is 1.26. The summed E-state index contributed by atoms with van der Waals surface area (Å²) in [5, 5.41) is 12.7. The Balaban J connectivity index is -0.000001000. The van der Waals surface area contributed by atoms with Gasteiger partial charge in [-0.25, -0.2) is 4.79 Å². The van der Waals surface area contributed by atoms with Gasteiger partial charge in [-0.2, -0.15) is 0 Å². The van der Waals surface area contributed by atoms with Gasteiger partial charge >= 0.3 is 41.3 Å². The van der Waals surface area contributed by atoms with Gasteiger partial charge in [0.25, 0.3) is 5.56 Å². The van der Waals surface area contributed by atoms with Crippen LogP contribution in [-0.2, 0) is 4.74 Å². The number of azide groups is 1. The van der Waals surface area contributed by atoms with Gasteiger partial charge in [0.15, 0.2) is 0 Å². The quantitative estimate of drug-likeness (QED) is 0.336. The zero-order valence-electron chi connectivity index (χ0n) is 12.1. The molecular formula is C10H16LaN5O7. The van der Waals surface area contributed by atoms with E-state index in [-0.39, 0.29) is 65.1 Å². The molecule has 0 aliphatic carbocycles. The number of hydrogen-bond donors (Lipinski definition) is 2. The maximum absolute atomic E-state index is 11.7. The van der Waals surface area contributed by atoms with E-state index in [0.29, 0.717) is 5.56 Å². The molecule has 12 nitrogen and oxygen atoms in total. The van der Waals surface area contributed by atoms with E-state index in [0.717, 1.165) is 0 Å². The van der Waals surface area contributed by atoms with Crippen molar-refractivity contribution < 1.29 is 61.9 Å². The molecule has 1 aromatic heterocycles. The van der Waals surface area contributed by atoms with Crippen molar-refractivity contribution in [2.45, 2.75) is 31.7 Å². The maximum Gasteiger partial charge on any atom is 3.00 e. The van der Waals surface area contributed by atoms with Gasteiger partial charge in [0.1, 0.15) is 6.23 Å². The fraction of sp³-hybridized carbons (Fsp3) is 0.600. The van der Waals surface area contributed by atoms with Gasteiger partial charge in [-0.15, -0.1) is 0 Å². The van der Waals surface area contributed by atoms with E-state index < -0.39 is 29.6 Å². The average Bonchev–Trinajstić information content (AvgIpc) is 2.77. The topological polar surface area (TPSA) is 223 Å². The number of nitrogens with zero attached hydrogens (tertiary/aromatic N) is 4. The summed E-state index contributed by atoms with van der Waals surface area (Å²) >= 11 is 0. The van der Waals surface area contributed by atoms with Gasteiger partial charge in [0.2, 0.25) is 0 Å². The fourth-order valence-corrected chi connectivity index (χ4v) is 2.04. The number of rotatable bonds is 3. The Bertz CT molecular complexity index is 641. The number of hydrogen-bond acceptors (Lipinski definition) is 8. The monoisotopic (exact) mass is 457 g/mol. The Hall–Kier alpha value is -1.02. The first-order valence-corrected chi connectivity index (χ1v) is 5.69. The molecule has 1 aliphatic rings. The number of aliphatic hydroxyl groups is 1. The number of nitrogens with one attached hydrogen (secondary N) is 1. The van der Waals surface area contributed by atoms with Crippen LogP contribution in [0.25, 0.3) is 10.4 Å². The predicted molar refractivity (Wildman–Crippen MR) is 70.4 cm³/mol. The van der Waals surface area contributed by atoms with Crippen LogP contribution in [0.15, 0.2) is 20.9 Å². The van der Waals surface area contributed by atoms with Crippen molar-refractivity contribution in [3.05, 3.63) is 43.0 Å². The normalized spacial score (nSPS) is 21.6. The van der Waals surface area contributed by atoms with E-state index in [1.807, 2.05) is 0 Å². The van der Waals surface area contributed by atoms with E-state index in [1.54, 1.807) is 6.92 Å². The zero-order chi connectivity index (χ0) is 14.0. The van der Waals surface area contributed by atoms with Crippen LogP contribution in [0, 0.1) is 42.5 Å². The molecule has 0 saturated carbocycles. The summed E-state index contributed by atoms with van der Waals surface area (Å²) in [7, 11) is 0. The summed E-state index contributed by atoms with van der Waals surface area (Å²) in [6, 6.07) is -0.542. The van der Waals surface area contributed by atoms with E-state index in [9.17, 15) is 9.59 Å².